The Morgan fingerprint density at radius 2 is 0.789 bits per heavy atom. The number of benzene rings is 12. The van der Waals surface area contributed by atoms with Crippen LogP contribution in [0.5, 0.6) is 34.5 Å². The summed E-state index contributed by atoms with van der Waals surface area (Å²) in [6.07, 6.45) is 2.01. The third kappa shape index (κ3) is 27.6. The van der Waals surface area contributed by atoms with E-state index in [0.717, 1.165) is 105 Å². The quantitative estimate of drug-likeness (QED) is 0.0730. The molecule has 33 heteroatoms. The number of nitrogens with zero attached hydrogens (tertiary/aromatic N) is 12. The molecule has 0 bridgehead atoms. The molecule has 0 radical (unpaired) electrons. The Morgan fingerprint density at radius 3 is 1.24 bits per heavy atom. The van der Waals surface area contributed by atoms with E-state index in [9.17, 15) is 33.2 Å². The number of methoxy groups -OCH3 is 6. The van der Waals surface area contributed by atoms with Gasteiger partial charge in [0.1, 0.15) is 23.1 Å². The number of aryl methyl sites for hydroxylation is 5. The van der Waals surface area contributed by atoms with Crippen LogP contribution >= 0.6 is 91.2 Å². The summed E-state index contributed by atoms with van der Waals surface area (Å²) in [4.78, 5) is 107. The first-order valence-electron chi connectivity index (χ1n) is 45.5. The number of rotatable bonds is 19. The Bertz CT molecular complexity index is 8120. The number of hydrogen-bond acceptors (Lipinski definition) is 19. The lowest BCUT2D eigenvalue weighted by molar-refractivity contribution is 0.0986. The lowest BCUT2D eigenvalue weighted by Gasteiger charge is -2.13. The minimum absolute atomic E-state index is 0.0827. The van der Waals surface area contributed by atoms with Crippen LogP contribution in [0, 0.1) is 47.4 Å². The molecule has 6 amide bonds. The van der Waals surface area contributed by atoms with E-state index in [0.29, 0.717) is 95.6 Å². The summed E-state index contributed by atoms with van der Waals surface area (Å²) in [5.41, 5.74) is 19.6. The van der Waals surface area contributed by atoms with Crippen molar-refractivity contribution in [2.45, 2.75) is 41.5 Å². The van der Waals surface area contributed by atoms with Crippen LogP contribution in [-0.2, 0) is 35.2 Å². The molecule has 6 aromatic heterocycles. The van der Waals surface area contributed by atoms with E-state index in [4.69, 9.17) is 51.6 Å². The topological polar surface area (TPSA) is 260 Å². The van der Waals surface area contributed by atoms with Crippen molar-refractivity contribution in [3.63, 3.8) is 0 Å². The van der Waals surface area contributed by atoms with Gasteiger partial charge in [-0.25, -0.2) is 9.37 Å². The van der Waals surface area contributed by atoms with Crippen molar-refractivity contribution in [2.75, 3.05) is 54.6 Å². The van der Waals surface area contributed by atoms with Gasteiger partial charge in [0.25, 0.3) is 35.4 Å². The van der Waals surface area contributed by atoms with Gasteiger partial charge in [-0.3, -0.25) is 33.7 Å². The fourth-order valence-corrected chi connectivity index (χ4v) is 20.7. The van der Waals surface area contributed by atoms with Gasteiger partial charge in [0.15, 0.2) is 40.6 Å². The fraction of sp³-hybridized carbons (Fsp3) is 0.158. The molecular formula is C114H105Cl2FN12O12S6. The number of halogens is 3. The standard InChI is InChI=1S/C23H26N2O5S.C21H22N2O3S.C18H15FN2OS.C18H16N2OS.2C17H13ClN2OS/c1-13-8-15(9-18(27-4)14(13)2)17-12-31-23(25(17)3)24-22(26)16-10-19(28-5)21(30-7)20(11-16)29-6;1-13-10-16(11-19(26-5)14(13)2)18-12-27-21(23(18)3)22-20(24)15-6-8-17(25-4)9-7-15;1-12-16(13-8-10-15(19)11-9-13)21(2)18(23-12)20-17(22)14-6-4-3-5-7-14;1-13-8-10-14(11-9-13)16-12-20(2)18(22-16)19-17(21)15-6-4-3-5-7-15;1-20(16(21)12-7-3-2-4-8-12)17-19-15(11-22-17)13-9-5-6-10-14(13)18;1-20-15(13-8-5-9-14(18)10-13)11-22-17(20)19-16(21)12-6-3-2-4-7-12/h8-12H,1-7H3;6-12H,1-5H3;3-11H,1-2H3;3-12H,1-2H3;2*2-11H,1H3. The van der Waals surface area contributed by atoms with Gasteiger partial charge in [-0.05, 0) is 227 Å². The minimum Gasteiger partial charge on any atom is -0.497 e. The van der Waals surface area contributed by atoms with Crippen LogP contribution in [0.15, 0.2) is 332 Å². The minimum atomic E-state index is -0.402. The molecule has 0 aliphatic rings. The molecule has 147 heavy (non-hydrogen) atoms. The molecule has 18 rings (SSSR count). The molecule has 24 nitrogen and oxygen atoms in total. The van der Waals surface area contributed by atoms with Crippen molar-refractivity contribution >= 4 is 132 Å². The molecule has 0 saturated carbocycles. The number of anilines is 1. The molecule has 0 N–H and O–H groups in total. The Kier molecular flexibility index (Phi) is 38.0. The van der Waals surface area contributed by atoms with Crippen molar-refractivity contribution in [2.24, 2.45) is 60.2 Å². The second-order valence-electron chi connectivity index (χ2n) is 32.9. The summed E-state index contributed by atoms with van der Waals surface area (Å²) in [5.74, 6) is 1.86. The first-order valence-corrected chi connectivity index (χ1v) is 51.4. The number of aromatic nitrogens is 6. The predicted octanol–water partition coefficient (Wildman–Crippen LogP) is 24.9. The number of carbonyl (C=O) groups is 6. The van der Waals surface area contributed by atoms with Crippen molar-refractivity contribution in [1.29, 1.82) is 0 Å². The highest BCUT2D eigenvalue weighted by molar-refractivity contribution is 7.14. The number of hydrogen-bond donors (Lipinski definition) is 0. The average Bonchev–Trinajstić information content (AvgIpc) is 1.45. The van der Waals surface area contributed by atoms with Crippen LogP contribution in [0.2, 0.25) is 10.0 Å². The lowest BCUT2D eigenvalue weighted by atomic mass is 10.0. The maximum absolute atomic E-state index is 13.1. The highest BCUT2D eigenvalue weighted by Crippen LogP contribution is 2.40. The molecule has 12 aromatic carbocycles. The molecule has 6 heterocycles. The van der Waals surface area contributed by atoms with Gasteiger partial charge in [0.05, 0.1) is 76.0 Å². The highest BCUT2D eigenvalue weighted by Gasteiger charge is 2.23. The van der Waals surface area contributed by atoms with Crippen LogP contribution in [-0.4, -0.2) is 113 Å². The largest absolute Gasteiger partial charge is 0.497 e. The second-order valence-corrected chi connectivity index (χ2v) is 39.3. The molecule has 0 saturated heterocycles. The van der Waals surface area contributed by atoms with Crippen LogP contribution in [0.3, 0.4) is 0 Å². The van der Waals surface area contributed by atoms with E-state index < -0.39 is 5.91 Å². The van der Waals surface area contributed by atoms with Gasteiger partial charge in [-0.15, -0.1) is 56.7 Å². The second kappa shape index (κ2) is 51.4. The van der Waals surface area contributed by atoms with Crippen molar-refractivity contribution in [1.82, 2.24) is 27.8 Å². The average molecular weight is 2120 g/mol. The SMILES string of the molecule is CN(C(=O)c1ccccc1)c1nc(-c2ccccc2Cl)cs1.COc1cc(-c2csc(=NC(=O)c3cc(OC)c(OC)c(OC)c3)n2C)cc(C)c1C.COc1ccc(C(=O)N=c2scc(-c3cc(C)c(C)c(OC)c3)n2C)cc1.Cc1ccc(-c2cn(C)c(=NC(=O)c3ccccc3)s2)cc1.Cc1sc(=NC(=O)c2ccccc2)n(C)c1-c1ccc(F)cc1.Cn1c(-c2cccc(Cl)c2)csc1=NC(=O)c1ccccc1. The van der Waals surface area contributed by atoms with Crippen LogP contribution < -0.4 is 57.3 Å². The summed E-state index contributed by atoms with van der Waals surface area (Å²) < 4.78 is 54.7. The molecule has 0 atom stereocenters. The van der Waals surface area contributed by atoms with E-state index in [1.54, 1.807) is 130 Å². The van der Waals surface area contributed by atoms with E-state index in [1.165, 1.54) is 107 Å². The molecule has 0 fully saturated rings. The van der Waals surface area contributed by atoms with E-state index >= 15 is 0 Å². The Balaban J connectivity index is 0.000000148. The van der Waals surface area contributed by atoms with Gasteiger partial charge in [0.2, 0.25) is 5.75 Å². The van der Waals surface area contributed by atoms with Gasteiger partial charge in [-0.1, -0.05) is 167 Å². The van der Waals surface area contributed by atoms with Crippen LogP contribution in [0.25, 0.3) is 66.7 Å². The van der Waals surface area contributed by atoms with Gasteiger partial charge < -0.3 is 51.3 Å². The monoisotopic (exact) mass is 2110 g/mol. The molecule has 0 aliphatic carbocycles. The highest BCUT2D eigenvalue weighted by atomic mass is 35.5. The zero-order chi connectivity index (χ0) is 105. The molecule has 0 unspecified atom stereocenters. The summed E-state index contributed by atoms with van der Waals surface area (Å²) >= 11 is 20.9. The van der Waals surface area contributed by atoms with Crippen LogP contribution in [0.1, 0.15) is 94.8 Å². The number of ether oxygens (including phenoxy) is 6. The van der Waals surface area contributed by atoms with Gasteiger partial charge in [0, 0.05) is 141 Å². The zero-order valence-corrected chi connectivity index (χ0v) is 90.2. The smallest absolute Gasteiger partial charge is 0.279 e. The number of thiazole rings is 6. The first kappa shape index (κ1) is 109. The summed E-state index contributed by atoms with van der Waals surface area (Å²) in [7, 11) is 20.6. The zero-order valence-electron chi connectivity index (χ0n) is 83.8. The summed E-state index contributed by atoms with van der Waals surface area (Å²) in [6, 6.07) is 84.5. The third-order valence-electron chi connectivity index (χ3n) is 23.2. The van der Waals surface area contributed by atoms with E-state index in [2.05, 4.69) is 80.2 Å². The fourth-order valence-electron chi connectivity index (χ4n) is 14.8. The van der Waals surface area contributed by atoms with Gasteiger partial charge >= 0.3 is 0 Å². The Morgan fingerprint density at radius 1 is 0.367 bits per heavy atom. The summed E-state index contributed by atoms with van der Waals surface area (Å²) in [6.45, 7) is 12.2. The predicted molar refractivity (Wildman–Crippen MR) is 590 cm³/mol. The maximum atomic E-state index is 13.1. The first-order chi connectivity index (χ1) is 70.8. The molecule has 750 valence electrons. The normalized spacial score (nSPS) is 11.4. The lowest BCUT2D eigenvalue weighted by Crippen LogP contribution is -2.25. The van der Waals surface area contributed by atoms with Crippen molar-refractivity contribution in [3.8, 4) is 101 Å². The van der Waals surface area contributed by atoms with Crippen molar-refractivity contribution in [3.05, 3.63) is 413 Å². The Hall–Kier alpha value is -15.5. The summed E-state index contributed by atoms with van der Waals surface area (Å²) in [5, 5.41) is 9.84. The number of carbonyl (C=O) groups excluding carboxylic acids is 6. The molecular weight excluding hydrogens is 2010 g/mol. The molecule has 0 spiro atoms. The van der Waals surface area contributed by atoms with Gasteiger partial charge in [-0.2, -0.15) is 25.0 Å². The maximum Gasteiger partial charge on any atom is 0.279 e. The van der Waals surface area contributed by atoms with E-state index in [-0.39, 0.29) is 35.4 Å². The Labute approximate surface area is 884 Å². The van der Waals surface area contributed by atoms with Crippen LogP contribution in [0.4, 0.5) is 9.52 Å². The third-order valence-corrected chi connectivity index (χ3v) is 29.6. The molecule has 0 aliphatic heterocycles. The molecule has 18 aromatic rings. The van der Waals surface area contributed by atoms with Crippen molar-refractivity contribution < 1.29 is 61.6 Å². The van der Waals surface area contributed by atoms with E-state index in [1.807, 2.05) is 247 Å². The number of amides is 6.